The van der Waals surface area contributed by atoms with Crippen molar-refractivity contribution >= 4 is 5.97 Å². The minimum atomic E-state index is -0.872. The Bertz CT molecular complexity index is 333. The molecule has 0 aromatic rings. The van der Waals surface area contributed by atoms with Crippen molar-refractivity contribution in [2.75, 3.05) is 26.8 Å². The maximum absolute atomic E-state index is 11.6. The quantitative estimate of drug-likeness (QED) is 0.611. The summed E-state index contributed by atoms with van der Waals surface area (Å²) >= 11 is 0. The zero-order valence-electron chi connectivity index (χ0n) is 14.2. The standard InChI is InChI=1S/C16H32N2O3/c1-6-17-16(4,15(19)20)11-12(2)18(9-10-21-5)13(3)14-7-8-14/h12-14,17H,6-11H2,1-5H3,(H,19,20). The van der Waals surface area contributed by atoms with E-state index in [0.29, 0.717) is 25.6 Å². The highest BCUT2D eigenvalue weighted by Gasteiger charge is 2.39. The largest absolute Gasteiger partial charge is 0.480 e. The van der Waals surface area contributed by atoms with Crippen LogP contribution in [-0.4, -0.2) is 60.4 Å². The maximum Gasteiger partial charge on any atom is 0.323 e. The number of nitrogens with one attached hydrogen (secondary N) is 1. The minimum Gasteiger partial charge on any atom is -0.480 e. The summed E-state index contributed by atoms with van der Waals surface area (Å²) < 4.78 is 5.22. The third kappa shape index (κ3) is 5.24. The van der Waals surface area contributed by atoms with E-state index in [1.165, 1.54) is 12.8 Å². The molecular formula is C16H32N2O3. The highest BCUT2D eigenvalue weighted by Crippen LogP contribution is 2.36. The Morgan fingerprint density at radius 1 is 1.48 bits per heavy atom. The first-order valence-electron chi connectivity index (χ1n) is 8.08. The Hall–Kier alpha value is -0.650. The van der Waals surface area contributed by atoms with E-state index in [1.54, 1.807) is 14.0 Å². The summed E-state index contributed by atoms with van der Waals surface area (Å²) in [6.07, 6.45) is 3.18. The lowest BCUT2D eigenvalue weighted by Gasteiger charge is -2.38. The van der Waals surface area contributed by atoms with Crippen molar-refractivity contribution in [2.24, 2.45) is 5.92 Å². The van der Waals surface area contributed by atoms with Crippen LogP contribution in [0.2, 0.25) is 0 Å². The fourth-order valence-electron chi connectivity index (χ4n) is 3.20. The second kappa shape index (κ2) is 8.11. The number of hydrogen-bond acceptors (Lipinski definition) is 4. The van der Waals surface area contributed by atoms with E-state index in [1.807, 2.05) is 6.92 Å². The zero-order valence-corrected chi connectivity index (χ0v) is 14.2. The van der Waals surface area contributed by atoms with Gasteiger partial charge in [0.05, 0.1) is 6.61 Å². The third-order valence-corrected chi connectivity index (χ3v) is 4.69. The van der Waals surface area contributed by atoms with Gasteiger partial charge in [-0.05, 0) is 52.5 Å². The summed E-state index contributed by atoms with van der Waals surface area (Å²) in [4.78, 5) is 14.0. The molecule has 0 heterocycles. The zero-order chi connectivity index (χ0) is 16.0. The molecule has 3 atom stereocenters. The molecule has 5 nitrogen and oxygen atoms in total. The van der Waals surface area contributed by atoms with Crippen LogP contribution in [0.25, 0.3) is 0 Å². The number of carboxylic acids is 1. The molecule has 0 aromatic heterocycles. The highest BCUT2D eigenvalue weighted by atomic mass is 16.5. The van der Waals surface area contributed by atoms with E-state index >= 15 is 0 Å². The van der Waals surface area contributed by atoms with Crippen LogP contribution in [0.1, 0.15) is 47.0 Å². The molecule has 0 bridgehead atoms. The van der Waals surface area contributed by atoms with Gasteiger partial charge < -0.3 is 15.2 Å². The fourth-order valence-corrected chi connectivity index (χ4v) is 3.20. The second-order valence-corrected chi connectivity index (χ2v) is 6.53. The van der Waals surface area contributed by atoms with Gasteiger partial charge in [0.2, 0.25) is 0 Å². The van der Waals surface area contributed by atoms with Gasteiger partial charge in [-0.2, -0.15) is 0 Å². The highest BCUT2D eigenvalue weighted by molar-refractivity contribution is 5.78. The first kappa shape index (κ1) is 18.4. The van der Waals surface area contributed by atoms with E-state index in [9.17, 15) is 9.90 Å². The number of rotatable bonds is 11. The van der Waals surface area contributed by atoms with Crippen LogP contribution in [0, 0.1) is 5.92 Å². The van der Waals surface area contributed by atoms with Crippen LogP contribution in [0.5, 0.6) is 0 Å². The topological polar surface area (TPSA) is 61.8 Å². The Kier molecular flexibility index (Phi) is 7.10. The van der Waals surface area contributed by atoms with Crippen molar-refractivity contribution in [3.05, 3.63) is 0 Å². The molecule has 1 rings (SSSR count). The van der Waals surface area contributed by atoms with Crippen LogP contribution >= 0.6 is 0 Å². The summed E-state index contributed by atoms with van der Waals surface area (Å²) in [5.41, 5.74) is -0.872. The van der Waals surface area contributed by atoms with Crippen LogP contribution in [0.15, 0.2) is 0 Å². The Balaban J connectivity index is 2.73. The van der Waals surface area contributed by atoms with Crippen molar-refractivity contribution in [3.63, 3.8) is 0 Å². The maximum atomic E-state index is 11.6. The molecule has 1 aliphatic carbocycles. The van der Waals surface area contributed by atoms with Gasteiger partial charge >= 0.3 is 5.97 Å². The first-order valence-corrected chi connectivity index (χ1v) is 8.08. The normalized spacial score (nSPS) is 21.0. The Morgan fingerprint density at radius 2 is 2.10 bits per heavy atom. The lowest BCUT2D eigenvalue weighted by molar-refractivity contribution is -0.145. The van der Waals surface area contributed by atoms with Gasteiger partial charge in [0.15, 0.2) is 0 Å². The van der Waals surface area contributed by atoms with E-state index in [-0.39, 0.29) is 6.04 Å². The molecule has 0 saturated heterocycles. The predicted octanol–water partition coefficient (Wildman–Crippen LogP) is 1.96. The summed E-state index contributed by atoms with van der Waals surface area (Å²) in [7, 11) is 1.71. The Labute approximate surface area is 129 Å². The van der Waals surface area contributed by atoms with Crippen molar-refractivity contribution < 1.29 is 14.6 Å². The number of carboxylic acid groups (broad SMARTS) is 1. The summed E-state index contributed by atoms with van der Waals surface area (Å²) in [5.74, 6) is -0.0125. The molecule has 0 amide bonds. The molecule has 0 aliphatic heterocycles. The lowest BCUT2D eigenvalue weighted by atomic mass is 9.92. The van der Waals surface area contributed by atoms with E-state index < -0.39 is 11.5 Å². The molecule has 2 N–H and O–H groups in total. The van der Waals surface area contributed by atoms with Crippen molar-refractivity contribution in [3.8, 4) is 0 Å². The molecule has 0 aromatic carbocycles. The summed E-state index contributed by atoms with van der Waals surface area (Å²) in [6, 6.07) is 0.700. The van der Waals surface area contributed by atoms with Crippen LogP contribution in [0.4, 0.5) is 0 Å². The molecule has 1 fully saturated rings. The Morgan fingerprint density at radius 3 is 2.52 bits per heavy atom. The van der Waals surface area contributed by atoms with Crippen molar-refractivity contribution in [1.82, 2.24) is 10.2 Å². The molecule has 0 radical (unpaired) electrons. The molecule has 1 saturated carbocycles. The van der Waals surface area contributed by atoms with Crippen LogP contribution in [0.3, 0.4) is 0 Å². The molecule has 0 spiro atoms. The smallest absolute Gasteiger partial charge is 0.323 e. The van der Waals surface area contributed by atoms with E-state index in [4.69, 9.17) is 4.74 Å². The average Bonchev–Trinajstić information content (AvgIpc) is 3.23. The molecule has 124 valence electrons. The number of hydrogen-bond donors (Lipinski definition) is 2. The van der Waals surface area contributed by atoms with Crippen LogP contribution in [-0.2, 0) is 9.53 Å². The molecule has 3 unspecified atom stereocenters. The van der Waals surface area contributed by atoms with Gasteiger partial charge in [0, 0.05) is 25.7 Å². The third-order valence-electron chi connectivity index (χ3n) is 4.69. The monoisotopic (exact) mass is 300 g/mol. The van der Waals surface area contributed by atoms with Crippen molar-refractivity contribution in [1.29, 1.82) is 0 Å². The van der Waals surface area contributed by atoms with Gasteiger partial charge in [0.25, 0.3) is 0 Å². The van der Waals surface area contributed by atoms with E-state index in [2.05, 4.69) is 24.1 Å². The van der Waals surface area contributed by atoms with Gasteiger partial charge in [-0.15, -0.1) is 0 Å². The first-order chi connectivity index (χ1) is 9.85. The molecule has 21 heavy (non-hydrogen) atoms. The van der Waals surface area contributed by atoms with Crippen LogP contribution < -0.4 is 5.32 Å². The van der Waals surface area contributed by atoms with Gasteiger partial charge in [0.1, 0.15) is 5.54 Å². The number of nitrogens with zero attached hydrogens (tertiary/aromatic N) is 1. The molecule has 5 heteroatoms. The number of likely N-dealkylation sites (N-methyl/N-ethyl adjacent to an activating group) is 1. The number of aliphatic carboxylic acids is 1. The summed E-state index contributed by atoms with van der Waals surface area (Å²) in [6.45, 7) is 10.3. The SMILES string of the molecule is CCNC(C)(CC(C)N(CCOC)C(C)C1CC1)C(=O)O. The van der Waals surface area contributed by atoms with Gasteiger partial charge in [-0.25, -0.2) is 0 Å². The van der Waals surface area contributed by atoms with Gasteiger partial charge in [-0.1, -0.05) is 6.92 Å². The average molecular weight is 300 g/mol. The number of carbonyl (C=O) groups is 1. The van der Waals surface area contributed by atoms with Gasteiger partial charge in [-0.3, -0.25) is 9.69 Å². The fraction of sp³-hybridized carbons (Fsp3) is 0.938. The number of ether oxygens (including phenoxy) is 1. The minimum absolute atomic E-state index is 0.205. The number of methoxy groups -OCH3 is 1. The van der Waals surface area contributed by atoms with Crippen molar-refractivity contribution in [2.45, 2.75) is 64.6 Å². The second-order valence-electron chi connectivity index (χ2n) is 6.53. The predicted molar refractivity (Wildman–Crippen MR) is 84.6 cm³/mol. The van der Waals surface area contributed by atoms with E-state index in [0.717, 1.165) is 12.5 Å². The molecule has 1 aliphatic rings. The summed E-state index contributed by atoms with van der Waals surface area (Å²) in [5, 5.41) is 12.7. The lowest BCUT2D eigenvalue weighted by Crippen LogP contribution is -2.55. The molecular weight excluding hydrogens is 268 g/mol.